The highest BCUT2D eigenvalue weighted by Gasteiger charge is 2.28. The summed E-state index contributed by atoms with van der Waals surface area (Å²) < 4.78 is 5.81. The van der Waals surface area contributed by atoms with Gasteiger partial charge < -0.3 is 14.7 Å². The third-order valence-electron chi connectivity index (χ3n) is 4.38. The number of amides is 1. The summed E-state index contributed by atoms with van der Waals surface area (Å²) in [6.45, 7) is 6.37. The number of rotatable bonds is 4. The molecule has 0 bridgehead atoms. The largest absolute Gasteiger partial charge is 0.392 e. The van der Waals surface area contributed by atoms with Crippen molar-refractivity contribution < 1.29 is 14.6 Å². The van der Waals surface area contributed by atoms with Crippen LogP contribution in [0.5, 0.6) is 0 Å². The van der Waals surface area contributed by atoms with Gasteiger partial charge in [0.25, 0.3) is 0 Å². The molecule has 6 heteroatoms. The lowest BCUT2D eigenvalue weighted by Gasteiger charge is -2.36. The Labute approximate surface area is 135 Å². The van der Waals surface area contributed by atoms with Crippen LogP contribution in [0.2, 0.25) is 0 Å². The van der Waals surface area contributed by atoms with Gasteiger partial charge >= 0.3 is 0 Å². The van der Waals surface area contributed by atoms with Crippen molar-refractivity contribution in [1.29, 1.82) is 0 Å². The van der Waals surface area contributed by atoms with E-state index in [2.05, 4.69) is 16.3 Å². The molecule has 2 atom stereocenters. The molecule has 0 unspecified atom stereocenters. The van der Waals surface area contributed by atoms with Crippen molar-refractivity contribution in [3.63, 3.8) is 0 Å². The molecule has 0 saturated carbocycles. The molecule has 0 aromatic carbocycles. The van der Waals surface area contributed by atoms with Crippen molar-refractivity contribution in [2.45, 2.75) is 32.0 Å². The van der Waals surface area contributed by atoms with Gasteiger partial charge in [0.1, 0.15) is 0 Å². The van der Waals surface area contributed by atoms with Gasteiger partial charge in [0.2, 0.25) is 5.91 Å². The number of nitrogens with zero attached hydrogens (tertiary/aromatic N) is 2. The van der Waals surface area contributed by atoms with Crippen molar-refractivity contribution in [3.05, 3.63) is 21.9 Å². The van der Waals surface area contributed by atoms with Crippen LogP contribution in [0, 0.1) is 0 Å². The normalized spacial score (nSPS) is 24.1. The van der Waals surface area contributed by atoms with E-state index in [1.54, 1.807) is 18.3 Å². The number of carbonyl (C=O) groups excluding carboxylic acids is 1. The fourth-order valence-electron chi connectivity index (χ4n) is 3.23. The van der Waals surface area contributed by atoms with Crippen molar-refractivity contribution in [2.75, 3.05) is 39.3 Å². The number of piperazine rings is 1. The van der Waals surface area contributed by atoms with E-state index in [0.29, 0.717) is 19.6 Å². The third kappa shape index (κ3) is 3.68. The van der Waals surface area contributed by atoms with E-state index < -0.39 is 0 Å². The summed E-state index contributed by atoms with van der Waals surface area (Å²) in [5, 5.41) is 11.5. The maximum Gasteiger partial charge on any atom is 0.225 e. The summed E-state index contributed by atoms with van der Waals surface area (Å²) >= 11 is 1.76. The Bertz CT molecular complexity index is 509. The predicted molar refractivity (Wildman–Crippen MR) is 86.0 cm³/mol. The monoisotopic (exact) mass is 324 g/mol. The number of aliphatic hydroxyl groups excluding tert-OH is 1. The molecule has 5 nitrogen and oxygen atoms in total. The maximum absolute atomic E-state index is 12.5. The molecule has 1 aromatic heterocycles. The minimum absolute atomic E-state index is 0.0713. The van der Waals surface area contributed by atoms with Gasteiger partial charge in [-0.05, 0) is 23.9 Å². The van der Waals surface area contributed by atoms with E-state index in [9.17, 15) is 9.90 Å². The molecule has 122 valence electrons. The quantitative estimate of drug-likeness (QED) is 0.906. The zero-order valence-corrected chi connectivity index (χ0v) is 13.8. The number of fused-ring (bicyclic) bond motifs is 1. The summed E-state index contributed by atoms with van der Waals surface area (Å²) in [6, 6.07) is 2.09. The van der Waals surface area contributed by atoms with Crippen molar-refractivity contribution >= 4 is 17.2 Å². The molecule has 1 saturated heterocycles. The highest BCUT2D eigenvalue weighted by atomic mass is 32.1. The van der Waals surface area contributed by atoms with Crippen LogP contribution in [0.25, 0.3) is 0 Å². The Kier molecular flexibility index (Phi) is 5.13. The molecule has 3 heterocycles. The first-order valence-corrected chi connectivity index (χ1v) is 8.87. The average molecular weight is 324 g/mol. The van der Waals surface area contributed by atoms with Crippen LogP contribution in [0.15, 0.2) is 11.4 Å². The number of thiophene rings is 1. The van der Waals surface area contributed by atoms with Crippen molar-refractivity contribution in [1.82, 2.24) is 9.80 Å². The molecule has 1 fully saturated rings. The van der Waals surface area contributed by atoms with Crippen LogP contribution in [0.1, 0.15) is 29.9 Å². The van der Waals surface area contributed by atoms with Gasteiger partial charge in [-0.1, -0.05) is 0 Å². The first kappa shape index (κ1) is 15.9. The molecule has 0 aliphatic carbocycles. The summed E-state index contributed by atoms with van der Waals surface area (Å²) in [5.74, 6) is 0.181. The number of ether oxygens (including phenoxy) is 1. The number of β-amino-alcohol motifs (C(OH)–C–C–N with tert-alkyl or cyclic N) is 1. The first-order chi connectivity index (χ1) is 10.6. The second kappa shape index (κ2) is 7.08. The summed E-state index contributed by atoms with van der Waals surface area (Å²) in [4.78, 5) is 18.0. The van der Waals surface area contributed by atoms with Gasteiger partial charge in [-0.2, -0.15) is 0 Å². The second-order valence-electron chi connectivity index (χ2n) is 6.14. The van der Waals surface area contributed by atoms with Crippen LogP contribution in [0.4, 0.5) is 0 Å². The van der Waals surface area contributed by atoms with E-state index in [1.807, 2.05) is 4.90 Å². The molecule has 3 rings (SSSR count). The molecule has 1 amide bonds. The number of aliphatic hydroxyl groups is 1. The third-order valence-corrected chi connectivity index (χ3v) is 5.38. The Morgan fingerprint density at radius 2 is 2.23 bits per heavy atom. The molecule has 2 aliphatic rings. The van der Waals surface area contributed by atoms with E-state index in [-0.39, 0.29) is 18.1 Å². The highest BCUT2D eigenvalue weighted by molar-refractivity contribution is 7.10. The SMILES string of the molecule is C[C@H](O)CN1CCN(C(=O)C[C@H]2OCCc3sccc32)CC1. The molecule has 0 spiro atoms. The van der Waals surface area contributed by atoms with Gasteiger partial charge in [-0.25, -0.2) is 0 Å². The molecular weight excluding hydrogens is 300 g/mol. The lowest BCUT2D eigenvalue weighted by Crippen LogP contribution is -2.50. The Balaban J connectivity index is 1.52. The minimum atomic E-state index is -0.310. The van der Waals surface area contributed by atoms with Crippen molar-refractivity contribution in [3.8, 4) is 0 Å². The lowest BCUT2D eigenvalue weighted by molar-refractivity contribution is -0.136. The smallest absolute Gasteiger partial charge is 0.225 e. The lowest BCUT2D eigenvalue weighted by atomic mass is 10.0. The summed E-state index contributed by atoms with van der Waals surface area (Å²) in [7, 11) is 0. The highest BCUT2D eigenvalue weighted by Crippen LogP contribution is 2.33. The Hall–Kier alpha value is -0.950. The molecule has 1 N–H and O–H groups in total. The van der Waals surface area contributed by atoms with Crippen LogP contribution < -0.4 is 0 Å². The van der Waals surface area contributed by atoms with E-state index in [1.165, 1.54) is 10.4 Å². The fraction of sp³-hybridized carbons (Fsp3) is 0.688. The van der Waals surface area contributed by atoms with E-state index >= 15 is 0 Å². The zero-order chi connectivity index (χ0) is 15.5. The van der Waals surface area contributed by atoms with Crippen LogP contribution in [-0.4, -0.2) is 66.2 Å². The summed E-state index contributed by atoms with van der Waals surface area (Å²) in [6.07, 6.45) is 1.03. The number of hydrogen-bond acceptors (Lipinski definition) is 5. The second-order valence-corrected chi connectivity index (χ2v) is 7.14. The molecule has 1 aromatic rings. The van der Waals surface area contributed by atoms with Crippen LogP contribution in [-0.2, 0) is 16.0 Å². The topological polar surface area (TPSA) is 53.0 Å². The van der Waals surface area contributed by atoms with Gasteiger partial charge in [-0.15, -0.1) is 11.3 Å². The average Bonchev–Trinajstić information content (AvgIpc) is 2.97. The van der Waals surface area contributed by atoms with Gasteiger partial charge in [-0.3, -0.25) is 9.69 Å². The van der Waals surface area contributed by atoms with Gasteiger partial charge in [0, 0.05) is 44.0 Å². The Morgan fingerprint density at radius 3 is 2.95 bits per heavy atom. The minimum Gasteiger partial charge on any atom is -0.392 e. The fourth-order valence-corrected chi connectivity index (χ4v) is 4.15. The number of carbonyl (C=O) groups is 1. The standard InChI is InChI=1S/C16H24N2O3S/c1-12(19)11-17-4-6-18(7-5-17)16(20)10-14-13-3-9-22-15(13)2-8-21-14/h3,9,12,14,19H,2,4-8,10-11H2,1H3/t12-,14+/m0/s1. The van der Waals surface area contributed by atoms with E-state index in [4.69, 9.17) is 4.74 Å². The molecule has 22 heavy (non-hydrogen) atoms. The van der Waals surface area contributed by atoms with Gasteiger partial charge in [0.05, 0.1) is 25.2 Å². The molecule has 2 aliphatic heterocycles. The van der Waals surface area contributed by atoms with Crippen LogP contribution >= 0.6 is 11.3 Å². The van der Waals surface area contributed by atoms with Gasteiger partial charge in [0.15, 0.2) is 0 Å². The summed E-state index contributed by atoms with van der Waals surface area (Å²) in [5.41, 5.74) is 1.21. The maximum atomic E-state index is 12.5. The van der Waals surface area contributed by atoms with Crippen LogP contribution in [0.3, 0.4) is 0 Å². The predicted octanol–water partition coefficient (Wildman–Crippen LogP) is 1.28. The van der Waals surface area contributed by atoms with E-state index in [0.717, 1.165) is 32.6 Å². The zero-order valence-electron chi connectivity index (χ0n) is 13.0. The first-order valence-electron chi connectivity index (χ1n) is 7.99. The Morgan fingerprint density at radius 1 is 1.45 bits per heavy atom. The number of hydrogen-bond donors (Lipinski definition) is 1. The molecule has 0 radical (unpaired) electrons. The van der Waals surface area contributed by atoms with Crippen molar-refractivity contribution in [2.24, 2.45) is 0 Å². The molecular formula is C16H24N2O3S.